The number of hydrogen-bond donors (Lipinski definition) is 3. The third-order valence-electron chi connectivity index (χ3n) is 3.84. The van der Waals surface area contributed by atoms with Crippen molar-refractivity contribution in [2.24, 2.45) is 5.41 Å². The van der Waals surface area contributed by atoms with Crippen LogP contribution in [-0.2, 0) is 4.79 Å². The fourth-order valence-electron chi connectivity index (χ4n) is 2.00. The zero-order valence-electron chi connectivity index (χ0n) is 12.7. The van der Waals surface area contributed by atoms with Gasteiger partial charge in [0, 0.05) is 30.6 Å². The topological polar surface area (TPSA) is 91.3 Å². The molecule has 1 aromatic heterocycles. The summed E-state index contributed by atoms with van der Waals surface area (Å²) in [6, 6.07) is -0.342. The van der Waals surface area contributed by atoms with E-state index in [1.807, 2.05) is 26.2 Å². The summed E-state index contributed by atoms with van der Waals surface area (Å²) in [4.78, 5) is 27.3. The number of carboxylic acid groups (broad SMARTS) is 1. The van der Waals surface area contributed by atoms with Crippen LogP contribution in [0.5, 0.6) is 0 Å². The Morgan fingerprint density at radius 2 is 2.05 bits per heavy atom. The fraction of sp³-hybridized carbons (Fsp3) is 0.643. The first-order chi connectivity index (χ1) is 9.95. The number of aliphatic carboxylic acids is 1. The highest BCUT2D eigenvalue weighted by Gasteiger charge is 2.35. The monoisotopic (exact) mass is 313 g/mol. The van der Waals surface area contributed by atoms with Gasteiger partial charge >= 0.3 is 12.0 Å². The van der Waals surface area contributed by atoms with Gasteiger partial charge in [0.1, 0.15) is 0 Å². The number of thiazole rings is 1. The molecule has 21 heavy (non-hydrogen) atoms. The minimum absolute atomic E-state index is 0.132. The van der Waals surface area contributed by atoms with Crippen molar-refractivity contribution in [2.75, 3.05) is 13.1 Å². The van der Waals surface area contributed by atoms with Crippen molar-refractivity contribution in [1.29, 1.82) is 0 Å². The van der Waals surface area contributed by atoms with E-state index in [9.17, 15) is 14.7 Å². The minimum atomic E-state index is -0.891. The van der Waals surface area contributed by atoms with Crippen LogP contribution in [0.2, 0.25) is 0 Å². The molecule has 0 aromatic carbocycles. The molecule has 0 fully saturated rings. The Hall–Kier alpha value is -1.63. The molecule has 0 aliphatic rings. The summed E-state index contributed by atoms with van der Waals surface area (Å²) in [6.45, 7) is 6.23. The van der Waals surface area contributed by atoms with Crippen LogP contribution in [0.15, 0.2) is 11.6 Å². The highest BCUT2D eigenvalue weighted by atomic mass is 32.1. The van der Waals surface area contributed by atoms with E-state index >= 15 is 0 Å². The molecule has 118 valence electrons. The van der Waals surface area contributed by atoms with Gasteiger partial charge in [0.2, 0.25) is 0 Å². The van der Waals surface area contributed by atoms with Crippen LogP contribution < -0.4 is 10.6 Å². The predicted octanol–water partition coefficient (Wildman–Crippen LogP) is 2.44. The number of urea groups is 1. The van der Waals surface area contributed by atoms with Gasteiger partial charge in [-0.15, -0.1) is 11.3 Å². The number of aromatic nitrogens is 1. The summed E-state index contributed by atoms with van der Waals surface area (Å²) in [6.07, 6.45) is 2.70. The highest BCUT2D eigenvalue weighted by molar-refractivity contribution is 7.09. The molecule has 3 N–H and O–H groups in total. The van der Waals surface area contributed by atoms with Crippen LogP contribution in [0.3, 0.4) is 0 Å². The lowest BCUT2D eigenvalue weighted by Crippen LogP contribution is -2.46. The minimum Gasteiger partial charge on any atom is -0.481 e. The van der Waals surface area contributed by atoms with Gasteiger partial charge in [-0.25, -0.2) is 9.78 Å². The molecule has 1 heterocycles. The third-order valence-corrected chi connectivity index (χ3v) is 4.84. The maximum Gasteiger partial charge on any atom is 0.314 e. The summed E-state index contributed by atoms with van der Waals surface area (Å²) in [5.41, 5.74) is -0.891. The van der Waals surface area contributed by atoms with Crippen molar-refractivity contribution in [3.8, 4) is 0 Å². The maximum absolute atomic E-state index is 11.8. The number of nitrogens with one attached hydrogen (secondary N) is 2. The van der Waals surface area contributed by atoms with Gasteiger partial charge in [-0.05, 0) is 12.8 Å². The lowest BCUT2D eigenvalue weighted by atomic mass is 9.82. The zero-order chi connectivity index (χ0) is 15.9. The molecule has 0 aliphatic carbocycles. The van der Waals surface area contributed by atoms with Crippen molar-refractivity contribution in [2.45, 2.75) is 39.5 Å². The van der Waals surface area contributed by atoms with Gasteiger partial charge in [0.05, 0.1) is 10.4 Å². The lowest BCUT2D eigenvalue weighted by Gasteiger charge is -2.26. The van der Waals surface area contributed by atoms with Crippen molar-refractivity contribution < 1.29 is 14.7 Å². The predicted molar refractivity (Wildman–Crippen MR) is 82.6 cm³/mol. The van der Waals surface area contributed by atoms with Crippen molar-refractivity contribution in [3.63, 3.8) is 0 Å². The number of amides is 2. The molecule has 0 saturated carbocycles. The quantitative estimate of drug-likeness (QED) is 0.687. The summed E-state index contributed by atoms with van der Waals surface area (Å²) in [5, 5.41) is 17.6. The van der Waals surface area contributed by atoms with E-state index in [2.05, 4.69) is 15.6 Å². The Balaban J connectivity index is 2.42. The zero-order valence-corrected chi connectivity index (χ0v) is 13.5. The first-order valence-electron chi connectivity index (χ1n) is 7.09. The Labute approximate surface area is 129 Å². The molecule has 6 nitrogen and oxygen atoms in total. The largest absolute Gasteiger partial charge is 0.481 e. The van der Waals surface area contributed by atoms with Crippen LogP contribution in [0, 0.1) is 5.41 Å². The molecule has 0 bridgehead atoms. The number of carbonyl (C=O) groups excluding carboxylic acids is 1. The molecule has 1 rings (SSSR count). The van der Waals surface area contributed by atoms with Gasteiger partial charge < -0.3 is 15.7 Å². The highest BCUT2D eigenvalue weighted by Crippen LogP contribution is 2.25. The van der Waals surface area contributed by atoms with E-state index in [0.717, 1.165) is 5.01 Å². The Bertz CT molecular complexity index is 458. The van der Waals surface area contributed by atoms with Gasteiger partial charge in [0.25, 0.3) is 0 Å². The summed E-state index contributed by atoms with van der Waals surface area (Å²) in [5.74, 6) is -0.735. The van der Waals surface area contributed by atoms with Crippen LogP contribution in [0.1, 0.15) is 44.5 Å². The van der Waals surface area contributed by atoms with Crippen molar-refractivity contribution in [3.05, 3.63) is 16.6 Å². The molecule has 1 aromatic rings. The lowest BCUT2D eigenvalue weighted by molar-refractivity contribution is -0.149. The van der Waals surface area contributed by atoms with Crippen LogP contribution >= 0.6 is 11.3 Å². The van der Waals surface area contributed by atoms with E-state index in [1.165, 1.54) is 0 Å². The molecule has 7 heteroatoms. The number of hydrogen-bond acceptors (Lipinski definition) is 4. The van der Waals surface area contributed by atoms with Gasteiger partial charge in [-0.2, -0.15) is 0 Å². The number of carbonyl (C=O) groups is 2. The Kier molecular flexibility index (Phi) is 6.61. The van der Waals surface area contributed by atoms with Gasteiger partial charge in [-0.1, -0.05) is 20.8 Å². The maximum atomic E-state index is 11.8. The van der Waals surface area contributed by atoms with E-state index in [-0.39, 0.29) is 18.5 Å². The fourth-order valence-corrected chi connectivity index (χ4v) is 2.70. The standard InChI is InChI=1S/C14H23N3O3S/c1-4-14(5-2,12(18)19)9-17-13(20)16-8-10(3)11-15-6-7-21-11/h6-7,10H,4-5,8-9H2,1-3H3,(H,18,19)(H2,16,17,20). The second kappa shape index (κ2) is 7.97. The summed E-state index contributed by atoms with van der Waals surface area (Å²) >= 11 is 1.55. The average Bonchev–Trinajstić information content (AvgIpc) is 3.00. The molecule has 0 aliphatic heterocycles. The normalized spacial score (nSPS) is 12.7. The second-order valence-electron chi connectivity index (χ2n) is 5.13. The van der Waals surface area contributed by atoms with Crippen LogP contribution in [-0.4, -0.2) is 35.2 Å². The van der Waals surface area contributed by atoms with Crippen molar-refractivity contribution in [1.82, 2.24) is 15.6 Å². The average molecular weight is 313 g/mol. The van der Waals surface area contributed by atoms with E-state index < -0.39 is 11.4 Å². The Morgan fingerprint density at radius 3 is 2.52 bits per heavy atom. The van der Waals surface area contributed by atoms with Gasteiger partial charge in [-0.3, -0.25) is 4.79 Å². The second-order valence-corrected chi connectivity index (χ2v) is 6.05. The summed E-state index contributed by atoms with van der Waals surface area (Å²) in [7, 11) is 0. The first kappa shape index (κ1) is 17.4. The first-order valence-corrected chi connectivity index (χ1v) is 7.97. The number of carboxylic acids is 1. The number of rotatable bonds is 8. The van der Waals surface area contributed by atoms with Crippen LogP contribution in [0.4, 0.5) is 4.79 Å². The SMILES string of the molecule is CCC(CC)(CNC(=O)NCC(C)c1nccs1)C(=O)O. The molecule has 2 amide bonds. The van der Waals surface area contributed by atoms with Gasteiger partial charge in [0.15, 0.2) is 0 Å². The van der Waals surface area contributed by atoms with E-state index in [1.54, 1.807) is 17.5 Å². The van der Waals surface area contributed by atoms with Crippen LogP contribution in [0.25, 0.3) is 0 Å². The molecular formula is C14H23N3O3S. The smallest absolute Gasteiger partial charge is 0.314 e. The third kappa shape index (κ3) is 4.70. The van der Waals surface area contributed by atoms with E-state index in [0.29, 0.717) is 19.4 Å². The molecule has 0 saturated heterocycles. The summed E-state index contributed by atoms with van der Waals surface area (Å²) < 4.78 is 0. The Morgan fingerprint density at radius 1 is 1.38 bits per heavy atom. The molecule has 1 unspecified atom stereocenters. The number of nitrogens with zero attached hydrogens (tertiary/aromatic N) is 1. The van der Waals surface area contributed by atoms with E-state index in [4.69, 9.17) is 0 Å². The molecule has 1 atom stereocenters. The molecule has 0 radical (unpaired) electrons. The van der Waals surface area contributed by atoms with Crippen molar-refractivity contribution >= 4 is 23.3 Å². The molecular weight excluding hydrogens is 290 g/mol. The molecule has 0 spiro atoms.